The molecule has 31 heavy (non-hydrogen) atoms. The molecule has 0 radical (unpaired) electrons. The summed E-state index contributed by atoms with van der Waals surface area (Å²) in [5.74, 6) is 9.26. The van der Waals surface area contributed by atoms with E-state index in [0.717, 1.165) is 50.0 Å². The van der Waals surface area contributed by atoms with Crippen molar-refractivity contribution in [2.75, 3.05) is 0 Å². The third kappa shape index (κ3) is 2.66. The average molecular weight is 415 g/mol. The van der Waals surface area contributed by atoms with Crippen LogP contribution in [0.3, 0.4) is 0 Å². The summed E-state index contributed by atoms with van der Waals surface area (Å²) in [5, 5.41) is 15.8. The highest BCUT2D eigenvalue weighted by atomic mass is 16.5. The SMILES string of the molecule is C[C@]12Cc3cnoc3C=C1CC[C@@H]1[C@@H]2CC[C@@]2(C)[C@H]1CC[C@@]2(O)C#Cc1ccccn1. The van der Waals surface area contributed by atoms with Gasteiger partial charge in [0.15, 0.2) is 5.76 Å². The van der Waals surface area contributed by atoms with Gasteiger partial charge in [0.05, 0.1) is 6.20 Å². The van der Waals surface area contributed by atoms with Crippen LogP contribution in [0.5, 0.6) is 0 Å². The van der Waals surface area contributed by atoms with E-state index in [1.165, 1.54) is 12.0 Å². The molecule has 2 aromatic heterocycles. The van der Waals surface area contributed by atoms with E-state index < -0.39 is 5.60 Å². The number of pyridine rings is 1. The van der Waals surface area contributed by atoms with Crippen molar-refractivity contribution in [2.24, 2.45) is 28.6 Å². The second-order valence-electron chi connectivity index (χ2n) is 10.7. The summed E-state index contributed by atoms with van der Waals surface area (Å²) in [5.41, 5.74) is 2.65. The molecule has 2 aromatic rings. The van der Waals surface area contributed by atoms with Gasteiger partial charge in [0.2, 0.25) is 0 Å². The molecular weight excluding hydrogens is 384 g/mol. The number of nitrogens with zero attached hydrogens (tertiary/aromatic N) is 2. The zero-order chi connectivity index (χ0) is 21.3. The molecule has 160 valence electrons. The number of fused-ring (bicyclic) bond motifs is 6. The van der Waals surface area contributed by atoms with Crippen LogP contribution in [0.1, 0.15) is 69.4 Å². The van der Waals surface area contributed by atoms with Crippen LogP contribution in [0.15, 0.2) is 40.7 Å². The highest BCUT2D eigenvalue weighted by Gasteiger charge is 2.63. The Labute approximate surface area is 184 Å². The number of aliphatic hydroxyl groups is 1. The topological polar surface area (TPSA) is 59.2 Å². The van der Waals surface area contributed by atoms with Crippen molar-refractivity contribution < 1.29 is 9.63 Å². The lowest BCUT2D eigenvalue weighted by atomic mass is 9.46. The Morgan fingerprint density at radius 1 is 1.13 bits per heavy atom. The number of hydrogen-bond donors (Lipinski definition) is 1. The average Bonchev–Trinajstić information content (AvgIpc) is 3.32. The maximum absolute atomic E-state index is 11.8. The minimum Gasteiger partial charge on any atom is -0.377 e. The van der Waals surface area contributed by atoms with Gasteiger partial charge >= 0.3 is 0 Å². The molecule has 0 unspecified atom stereocenters. The fourth-order valence-corrected chi connectivity index (χ4v) is 7.71. The number of rotatable bonds is 0. The summed E-state index contributed by atoms with van der Waals surface area (Å²) in [7, 11) is 0. The van der Waals surface area contributed by atoms with Gasteiger partial charge in [-0.25, -0.2) is 4.98 Å². The first-order valence-electron chi connectivity index (χ1n) is 11.7. The molecule has 0 bridgehead atoms. The second kappa shape index (κ2) is 6.56. The lowest BCUT2D eigenvalue weighted by molar-refractivity contribution is -0.0975. The molecule has 4 aliphatic carbocycles. The van der Waals surface area contributed by atoms with Crippen LogP contribution < -0.4 is 0 Å². The Bertz CT molecular complexity index is 1110. The summed E-state index contributed by atoms with van der Waals surface area (Å²) >= 11 is 0. The van der Waals surface area contributed by atoms with E-state index in [1.54, 1.807) is 11.8 Å². The first kappa shape index (κ1) is 19.3. The Morgan fingerprint density at radius 3 is 2.84 bits per heavy atom. The standard InChI is InChI=1S/C27H30N2O2/c1-25-16-18-17-29-31-24(18)15-19(25)6-7-21-22(25)9-11-26(2)23(21)10-13-27(26,30)12-8-20-5-3-4-14-28-20/h3-5,14-15,17,21-23,30H,6-7,9-11,13,16H2,1-2H3/t21-,22+,23+,25+,26+,27+/m1/s1. The van der Waals surface area contributed by atoms with Crippen LogP contribution in [0.25, 0.3) is 6.08 Å². The summed E-state index contributed by atoms with van der Waals surface area (Å²) in [6.45, 7) is 4.77. The molecule has 3 fully saturated rings. The minimum atomic E-state index is -0.925. The fourth-order valence-electron chi connectivity index (χ4n) is 7.71. The Kier molecular flexibility index (Phi) is 4.09. The van der Waals surface area contributed by atoms with Gasteiger partial charge in [-0.05, 0) is 92.2 Å². The summed E-state index contributed by atoms with van der Waals surface area (Å²) < 4.78 is 5.48. The van der Waals surface area contributed by atoms with Gasteiger partial charge in [-0.2, -0.15) is 0 Å². The summed E-state index contributed by atoms with van der Waals surface area (Å²) in [4.78, 5) is 4.33. The van der Waals surface area contributed by atoms with E-state index >= 15 is 0 Å². The molecule has 4 heteroatoms. The summed E-state index contributed by atoms with van der Waals surface area (Å²) in [6, 6.07) is 5.76. The van der Waals surface area contributed by atoms with E-state index in [1.807, 2.05) is 24.4 Å². The van der Waals surface area contributed by atoms with Crippen LogP contribution >= 0.6 is 0 Å². The highest BCUT2D eigenvalue weighted by Crippen LogP contribution is 2.67. The third-order valence-electron chi connectivity index (χ3n) is 9.49. The molecule has 1 N–H and O–H groups in total. The fraction of sp³-hybridized carbons (Fsp3) is 0.556. The highest BCUT2D eigenvalue weighted by molar-refractivity contribution is 5.57. The monoisotopic (exact) mass is 414 g/mol. The van der Waals surface area contributed by atoms with E-state index in [0.29, 0.717) is 17.8 Å². The number of hydrogen-bond acceptors (Lipinski definition) is 4. The number of aromatic nitrogens is 2. The molecular formula is C27H30N2O2. The maximum Gasteiger partial charge on any atom is 0.162 e. The van der Waals surface area contributed by atoms with Crippen molar-refractivity contribution >= 4 is 6.08 Å². The van der Waals surface area contributed by atoms with Gasteiger partial charge in [-0.15, -0.1) is 0 Å². The zero-order valence-electron chi connectivity index (χ0n) is 18.4. The molecule has 4 aliphatic rings. The van der Waals surface area contributed by atoms with Crippen molar-refractivity contribution in [3.63, 3.8) is 0 Å². The normalized spacial score (nSPS) is 40.5. The van der Waals surface area contributed by atoms with Crippen LogP contribution in [0.2, 0.25) is 0 Å². The Hall–Kier alpha value is -2.38. The van der Waals surface area contributed by atoms with Gasteiger partial charge in [0, 0.05) is 17.2 Å². The Morgan fingerprint density at radius 2 is 2.00 bits per heavy atom. The first-order chi connectivity index (χ1) is 14.9. The minimum absolute atomic E-state index is 0.148. The van der Waals surface area contributed by atoms with E-state index in [9.17, 15) is 5.11 Å². The number of allylic oxidation sites excluding steroid dienone is 1. The van der Waals surface area contributed by atoms with Crippen LogP contribution in [0.4, 0.5) is 0 Å². The van der Waals surface area contributed by atoms with Gasteiger partial charge in [0.25, 0.3) is 0 Å². The van der Waals surface area contributed by atoms with Crippen molar-refractivity contribution in [1.82, 2.24) is 10.1 Å². The molecule has 0 aliphatic heterocycles. The zero-order valence-corrected chi connectivity index (χ0v) is 18.4. The van der Waals surface area contributed by atoms with Crippen LogP contribution in [-0.4, -0.2) is 20.8 Å². The van der Waals surface area contributed by atoms with Gasteiger partial charge in [-0.3, -0.25) is 0 Å². The van der Waals surface area contributed by atoms with Crippen LogP contribution in [-0.2, 0) is 6.42 Å². The first-order valence-corrected chi connectivity index (χ1v) is 11.7. The van der Waals surface area contributed by atoms with Crippen molar-refractivity contribution in [3.05, 3.63) is 53.2 Å². The van der Waals surface area contributed by atoms with Gasteiger partial charge < -0.3 is 9.63 Å². The predicted octanol–water partition coefficient (Wildman–Crippen LogP) is 5.03. The molecule has 0 amide bonds. The lowest BCUT2D eigenvalue weighted by Gasteiger charge is -2.58. The molecule has 2 heterocycles. The van der Waals surface area contributed by atoms with Gasteiger partial charge in [-0.1, -0.05) is 36.6 Å². The second-order valence-corrected chi connectivity index (χ2v) is 10.7. The van der Waals surface area contributed by atoms with Crippen molar-refractivity contribution in [2.45, 2.75) is 64.4 Å². The van der Waals surface area contributed by atoms with Crippen molar-refractivity contribution in [3.8, 4) is 11.8 Å². The molecule has 3 saturated carbocycles. The maximum atomic E-state index is 11.8. The predicted molar refractivity (Wildman–Crippen MR) is 119 cm³/mol. The summed E-state index contributed by atoms with van der Waals surface area (Å²) in [6.07, 6.45) is 13.3. The smallest absolute Gasteiger partial charge is 0.162 e. The van der Waals surface area contributed by atoms with E-state index in [4.69, 9.17) is 4.52 Å². The van der Waals surface area contributed by atoms with Crippen molar-refractivity contribution in [1.29, 1.82) is 0 Å². The Balaban J connectivity index is 1.32. The molecule has 6 atom stereocenters. The molecule has 0 saturated heterocycles. The lowest BCUT2D eigenvalue weighted by Crippen LogP contribution is -2.54. The largest absolute Gasteiger partial charge is 0.377 e. The molecule has 6 rings (SSSR count). The van der Waals surface area contributed by atoms with Crippen LogP contribution in [0, 0.1) is 40.4 Å². The quantitative estimate of drug-likeness (QED) is 0.614. The molecule has 4 nitrogen and oxygen atoms in total. The third-order valence-corrected chi connectivity index (χ3v) is 9.49. The van der Waals surface area contributed by atoms with Gasteiger partial charge in [0.1, 0.15) is 11.3 Å². The molecule has 0 spiro atoms. The molecule has 0 aromatic carbocycles. The van der Waals surface area contributed by atoms with E-state index in [2.05, 4.69) is 41.9 Å². The van der Waals surface area contributed by atoms with E-state index in [-0.39, 0.29) is 10.8 Å².